The van der Waals surface area contributed by atoms with Gasteiger partial charge in [-0.2, -0.15) is 0 Å². The highest BCUT2D eigenvalue weighted by atomic mass is 16.5. The van der Waals surface area contributed by atoms with E-state index < -0.39 is 0 Å². The quantitative estimate of drug-likeness (QED) is 0.651. The minimum absolute atomic E-state index is 0.224. The Morgan fingerprint density at radius 2 is 2.50 bits per heavy atom. The van der Waals surface area contributed by atoms with Crippen molar-refractivity contribution in [2.45, 2.75) is 13.5 Å². The van der Waals surface area contributed by atoms with E-state index in [4.69, 9.17) is 4.74 Å². The van der Waals surface area contributed by atoms with Gasteiger partial charge in [-0.1, -0.05) is 5.16 Å². The van der Waals surface area contributed by atoms with Crippen molar-refractivity contribution in [1.29, 1.82) is 0 Å². The van der Waals surface area contributed by atoms with Crippen LogP contribution in [0.1, 0.15) is 12.6 Å². The smallest absolute Gasteiger partial charge is 0.320 e. The Morgan fingerprint density at radius 1 is 1.71 bits per heavy atom. The van der Waals surface area contributed by atoms with Crippen molar-refractivity contribution in [3.8, 4) is 0 Å². The third-order valence-electron chi connectivity index (χ3n) is 1.63. The van der Waals surface area contributed by atoms with Crippen molar-refractivity contribution in [3.05, 3.63) is 18.0 Å². The molecule has 0 unspecified atom stereocenters. The average molecular weight is 198 g/mol. The number of ether oxygens (including phenoxy) is 1. The van der Waals surface area contributed by atoms with Gasteiger partial charge in [0.05, 0.1) is 18.8 Å². The van der Waals surface area contributed by atoms with Gasteiger partial charge in [-0.05, 0) is 14.0 Å². The molecule has 5 nitrogen and oxygen atoms in total. The predicted octanol–water partition coefficient (Wildman–Crippen LogP) is 0.669. The highest BCUT2D eigenvalue weighted by Gasteiger charge is 2.08. The minimum atomic E-state index is -0.224. The molecular formula is C9H14N2O3. The number of likely N-dealkylation sites (N-methyl/N-ethyl adjacent to an activating group) is 1. The van der Waals surface area contributed by atoms with Gasteiger partial charge < -0.3 is 9.26 Å². The van der Waals surface area contributed by atoms with Crippen LogP contribution in [0.2, 0.25) is 0 Å². The first kappa shape index (κ1) is 10.7. The molecule has 14 heavy (non-hydrogen) atoms. The van der Waals surface area contributed by atoms with Crippen LogP contribution >= 0.6 is 0 Å². The van der Waals surface area contributed by atoms with E-state index in [2.05, 4.69) is 9.68 Å². The lowest BCUT2D eigenvalue weighted by Gasteiger charge is -2.13. The van der Waals surface area contributed by atoms with Crippen LogP contribution in [0.3, 0.4) is 0 Å². The molecular weight excluding hydrogens is 184 g/mol. The molecule has 0 atom stereocenters. The molecule has 0 amide bonds. The van der Waals surface area contributed by atoms with Crippen LogP contribution in [0, 0.1) is 0 Å². The molecule has 0 saturated carbocycles. The fourth-order valence-corrected chi connectivity index (χ4v) is 1.08. The number of carbonyl (C=O) groups excluding carboxylic acids is 1. The van der Waals surface area contributed by atoms with E-state index in [1.807, 2.05) is 11.9 Å². The SMILES string of the molecule is CCOC(=O)CN(C)Cc1ccon1. The number of nitrogens with zero attached hydrogens (tertiary/aromatic N) is 2. The molecule has 0 aliphatic carbocycles. The maximum atomic E-state index is 11.1. The summed E-state index contributed by atoms with van der Waals surface area (Å²) < 4.78 is 9.48. The molecule has 1 aromatic heterocycles. The van der Waals surface area contributed by atoms with Crippen LogP contribution in [-0.4, -0.2) is 36.2 Å². The lowest BCUT2D eigenvalue weighted by molar-refractivity contribution is -0.144. The van der Waals surface area contributed by atoms with Gasteiger partial charge in [-0.3, -0.25) is 9.69 Å². The normalized spacial score (nSPS) is 10.5. The summed E-state index contributed by atoms with van der Waals surface area (Å²) in [4.78, 5) is 12.9. The molecule has 0 aromatic carbocycles. The Kier molecular flexibility index (Phi) is 4.12. The van der Waals surface area contributed by atoms with E-state index in [0.717, 1.165) is 5.69 Å². The van der Waals surface area contributed by atoms with Crippen molar-refractivity contribution >= 4 is 5.97 Å². The average Bonchev–Trinajstić information content (AvgIpc) is 2.56. The first-order valence-electron chi connectivity index (χ1n) is 4.45. The van der Waals surface area contributed by atoms with Gasteiger partial charge in [0.1, 0.15) is 6.26 Å². The van der Waals surface area contributed by atoms with Crippen LogP contribution in [0.4, 0.5) is 0 Å². The zero-order chi connectivity index (χ0) is 10.4. The van der Waals surface area contributed by atoms with Crippen LogP contribution in [0.25, 0.3) is 0 Å². The Labute approximate surface area is 82.6 Å². The molecule has 0 spiro atoms. The largest absolute Gasteiger partial charge is 0.465 e. The topological polar surface area (TPSA) is 55.6 Å². The number of rotatable bonds is 5. The van der Waals surface area contributed by atoms with Crippen LogP contribution in [0.5, 0.6) is 0 Å². The summed E-state index contributed by atoms with van der Waals surface area (Å²) >= 11 is 0. The fourth-order valence-electron chi connectivity index (χ4n) is 1.08. The number of esters is 1. The molecule has 78 valence electrons. The molecule has 0 N–H and O–H groups in total. The van der Waals surface area contributed by atoms with E-state index in [9.17, 15) is 4.79 Å². The Hall–Kier alpha value is -1.36. The van der Waals surface area contributed by atoms with Crippen LogP contribution in [-0.2, 0) is 16.1 Å². The lowest BCUT2D eigenvalue weighted by atomic mass is 10.4. The first-order chi connectivity index (χ1) is 6.72. The third-order valence-corrected chi connectivity index (χ3v) is 1.63. The molecule has 0 radical (unpaired) electrons. The number of hydrogen-bond acceptors (Lipinski definition) is 5. The number of hydrogen-bond donors (Lipinski definition) is 0. The Balaban J connectivity index is 2.29. The van der Waals surface area contributed by atoms with Gasteiger partial charge in [-0.25, -0.2) is 0 Å². The van der Waals surface area contributed by atoms with Gasteiger partial charge in [0.2, 0.25) is 0 Å². The monoisotopic (exact) mass is 198 g/mol. The summed E-state index contributed by atoms with van der Waals surface area (Å²) in [5.41, 5.74) is 0.803. The van der Waals surface area contributed by atoms with Crippen molar-refractivity contribution < 1.29 is 14.1 Å². The van der Waals surface area contributed by atoms with Gasteiger partial charge in [0.25, 0.3) is 0 Å². The maximum Gasteiger partial charge on any atom is 0.320 e. The van der Waals surface area contributed by atoms with E-state index in [0.29, 0.717) is 13.2 Å². The number of carbonyl (C=O) groups is 1. The van der Waals surface area contributed by atoms with Crippen LogP contribution in [0.15, 0.2) is 16.9 Å². The highest BCUT2D eigenvalue weighted by Crippen LogP contribution is 1.99. The number of aromatic nitrogens is 1. The molecule has 0 bridgehead atoms. The minimum Gasteiger partial charge on any atom is -0.465 e. The zero-order valence-corrected chi connectivity index (χ0v) is 8.40. The van der Waals surface area contributed by atoms with E-state index in [1.54, 1.807) is 13.0 Å². The Bertz CT molecular complexity index is 272. The predicted molar refractivity (Wildman–Crippen MR) is 49.5 cm³/mol. The van der Waals surface area contributed by atoms with E-state index in [1.165, 1.54) is 6.26 Å². The van der Waals surface area contributed by atoms with Crippen molar-refractivity contribution in [3.63, 3.8) is 0 Å². The molecule has 0 fully saturated rings. The van der Waals surface area contributed by atoms with Crippen molar-refractivity contribution in [1.82, 2.24) is 10.1 Å². The molecule has 0 saturated heterocycles. The summed E-state index contributed by atoms with van der Waals surface area (Å²) in [5.74, 6) is -0.224. The van der Waals surface area contributed by atoms with Gasteiger partial charge in [-0.15, -0.1) is 0 Å². The van der Waals surface area contributed by atoms with Crippen LogP contribution < -0.4 is 0 Å². The van der Waals surface area contributed by atoms with Crippen molar-refractivity contribution in [2.75, 3.05) is 20.2 Å². The second-order valence-electron chi connectivity index (χ2n) is 2.97. The second-order valence-corrected chi connectivity index (χ2v) is 2.97. The molecule has 0 aliphatic rings. The highest BCUT2D eigenvalue weighted by molar-refractivity contribution is 5.71. The summed E-state index contributed by atoms with van der Waals surface area (Å²) in [6.07, 6.45) is 1.51. The zero-order valence-electron chi connectivity index (χ0n) is 8.40. The standard InChI is InChI=1S/C9H14N2O3/c1-3-13-9(12)7-11(2)6-8-4-5-14-10-8/h4-5H,3,6-7H2,1-2H3. The van der Waals surface area contributed by atoms with Gasteiger partial charge in [0, 0.05) is 12.6 Å². The Morgan fingerprint density at radius 3 is 3.07 bits per heavy atom. The molecule has 1 aromatic rings. The summed E-state index contributed by atoms with van der Waals surface area (Å²) in [6, 6.07) is 1.77. The molecule has 0 aliphatic heterocycles. The molecule has 1 rings (SSSR count). The summed E-state index contributed by atoms with van der Waals surface area (Å²) in [5, 5.41) is 3.74. The van der Waals surface area contributed by atoms with Crippen molar-refractivity contribution in [2.24, 2.45) is 0 Å². The molecule has 5 heteroatoms. The van der Waals surface area contributed by atoms with E-state index >= 15 is 0 Å². The van der Waals surface area contributed by atoms with E-state index in [-0.39, 0.29) is 12.5 Å². The van der Waals surface area contributed by atoms with Gasteiger partial charge in [0.15, 0.2) is 0 Å². The second kappa shape index (κ2) is 5.39. The first-order valence-corrected chi connectivity index (χ1v) is 4.45. The molecule has 1 heterocycles. The fraction of sp³-hybridized carbons (Fsp3) is 0.556. The summed E-state index contributed by atoms with van der Waals surface area (Å²) in [6.45, 7) is 3.04. The third kappa shape index (κ3) is 3.57. The summed E-state index contributed by atoms with van der Waals surface area (Å²) in [7, 11) is 1.82. The maximum absolute atomic E-state index is 11.1. The lowest BCUT2D eigenvalue weighted by Crippen LogP contribution is -2.27. The van der Waals surface area contributed by atoms with Gasteiger partial charge >= 0.3 is 5.97 Å².